The third kappa shape index (κ3) is 6.54. The summed E-state index contributed by atoms with van der Waals surface area (Å²) in [5.41, 5.74) is 0. The molecule has 1 atom stereocenters. The van der Waals surface area contributed by atoms with Gasteiger partial charge in [-0.25, -0.2) is 0 Å². The molecule has 5 heteroatoms. The number of rotatable bonds is 7. The number of carboxylic acids is 1. The number of hydrogen-bond acceptors (Lipinski definition) is 3. The monoisotopic (exact) mass is 207 g/mol. The third-order valence-electron chi connectivity index (χ3n) is 1.63. The normalized spacial score (nSPS) is 12.5. The molecule has 0 fully saturated rings. The van der Waals surface area contributed by atoms with Gasteiger partial charge in [0.2, 0.25) is 5.24 Å². The molecular formula is C8H14ClNO3. The molecule has 0 unspecified atom stereocenters. The van der Waals surface area contributed by atoms with Crippen molar-refractivity contribution >= 4 is 22.8 Å². The van der Waals surface area contributed by atoms with E-state index in [2.05, 4.69) is 5.32 Å². The summed E-state index contributed by atoms with van der Waals surface area (Å²) < 4.78 is 0. The van der Waals surface area contributed by atoms with E-state index in [0.717, 1.165) is 12.8 Å². The largest absolute Gasteiger partial charge is 0.480 e. The first-order valence-electron chi connectivity index (χ1n) is 4.22. The number of aliphatic carboxylic acids is 1. The molecule has 0 amide bonds. The molecule has 76 valence electrons. The fourth-order valence-electron chi connectivity index (χ4n) is 0.925. The van der Waals surface area contributed by atoms with Crippen molar-refractivity contribution < 1.29 is 14.7 Å². The summed E-state index contributed by atoms with van der Waals surface area (Å²) in [6.45, 7) is 1.88. The van der Waals surface area contributed by atoms with Gasteiger partial charge in [-0.3, -0.25) is 14.9 Å². The molecule has 0 aromatic heterocycles. The van der Waals surface area contributed by atoms with E-state index in [0.29, 0.717) is 6.42 Å². The van der Waals surface area contributed by atoms with Gasteiger partial charge in [0, 0.05) is 0 Å². The van der Waals surface area contributed by atoms with Crippen molar-refractivity contribution in [2.45, 2.75) is 32.2 Å². The molecule has 2 N–H and O–H groups in total. The highest BCUT2D eigenvalue weighted by molar-refractivity contribution is 6.64. The van der Waals surface area contributed by atoms with Gasteiger partial charge in [0.25, 0.3) is 0 Å². The number of nitrogens with one attached hydrogen (secondary N) is 1. The van der Waals surface area contributed by atoms with Crippen LogP contribution in [0.2, 0.25) is 0 Å². The fourth-order valence-corrected chi connectivity index (χ4v) is 1.00. The maximum absolute atomic E-state index is 10.6. The lowest BCUT2D eigenvalue weighted by Crippen LogP contribution is -2.38. The second-order valence-corrected chi connectivity index (χ2v) is 3.19. The van der Waals surface area contributed by atoms with E-state index < -0.39 is 17.3 Å². The van der Waals surface area contributed by atoms with Crippen LogP contribution in [0.4, 0.5) is 0 Å². The summed E-state index contributed by atoms with van der Waals surface area (Å²) in [5.74, 6) is -0.939. The molecule has 0 saturated heterocycles. The van der Waals surface area contributed by atoms with Crippen LogP contribution < -0.4 is 5.32 Å². The van der Waals surface area contributed by atoms with Crippen LogP contribution in [0.3, 0.4) is 0 Å². The number of carbonyl (C=O) groups excluding carboxylic acids is 1. The SMILES string of the molecule is CCCC[C@H](NCC(=O)Cl)C(=O)O. The zero-order valence-electron chi connectivity index (χ0n) is 7.55. The average molecular weight is 208 g/mol. The molecular weight excluding hydrogens is 194 g/mol. The first kappa shape index (κ1) is 12.4. The molecule has 0 rings (SSSR count). The molecule has 0 aliphatic carbocycles. The van der Waals surface area contributed by atoms with E-state index in [4.69, 9.17) is 16.7 Å². The van der Waals surface area contributed by atoms with Crippen molar-refractivity contribution in [3.05, 3.63) is 0 Å². The van der Waals surface area contributed by atoms with E-state index in [-0.39, 0.29) is 6.54 Å². The number of carbonyl (C=O) groups is 2. The van der Waals surface area contributed by atoms with Gasteiger partial charge in [-0.15, -0.1) is 0 Å². The summed E-state index contributed by atoms with van der Waals surface area (Å²) >= 11 is 5.07. The smallest absolute Gasteiger partial charge is 0.320 e. The predicted molar refractivity (Wildman–Crippen MR) is 49.8 cm³/mol. The van der Waals surface area contributed by atoms with Crippen LogP contribution in [0.5, 0.6) is 0 Å². The van der Waals surface area contributed by atoms with E-state index in [9.17, 15) is 9.59 Å². The second kappa shape index (κ2) is 6.86. The van der Waals surface area contributed by atoms with E-state index in [1.165, 1.54) is 0 Å². The summed E-state index contributed by atoms with van der Waals surface area (Å²) in [7, 11) is 0. The highest BCUT2D eigenvalue weighted by atomic mass is 35.5. The van der Waals surface area contributed by atoms with Crippen LogP contribution in [0.25, 0.3) is 0 Å². The molecule has 0 aliphatic rings. The lowest BCUT2D eigenvalue weighted by molar-refractivity contribution is -0.139. The van der Waals surface area contributed by atoms with Crippen LogP contribution in [0, 0.1) is 0 Å². The molecule has 0 bridgehead atoms. The Kier molecular flexibility index (Phi) is 6.54. The zero-order valence-corrected chi connectivity index (χ0v) is 8.30. The maximum Gasteiger partial charge on any atom is 0.320 e. The Morgan fingerprint density at radius 1 is 1.54 bits per heavy atom. The van der Waals surface area contributed by atoms with Gasteiger partial charge < -0.3 is 5.11 Å². The first-order chi connectivity index (χ1) is 6.07. The summed E-state index contributed by atoms with van der Waals surface area (Å²) in [6, 6.07) is -0.664. The Morgan fingerprint density at radius 3 is 2.54 bits per heavy atom. The van der Waals surface area contributed by atoms with Crippen molar-refractivity contribution in [2.24, 2.45) is 0 Å². The van der Waals surface area contributed by atoms with Crippen LogP contribution in [-0.4, -0.2) is 28.9 Å². The average Bonchev–Trinajstić information content (AvgIpc) is 2.03. The second-order valence-electron chi connectivity index (χ2n) is 2.77. The standard InChI is InChI=1S/C8H14ClNO3/c1-2-3-4-6(8(12)13)10-5-7(9)11/h6,10H,2-5H2,1H3,(H,12,13)/t6-/m0/s1. The van der Waals surface area contributed by atoms with E-state index >= 15 is 0 Å². The summed E-state index contributed by atoms with van der Waals surface area (Å²) in [6.07, 6.45) is 2.27. The Balaban J connectivity index is 3.80. The topological polar surface area (TPSA) is 66.4 Å². The van der Waals surface area contributed by atoms with Gasteiger partial charge in [-0.05, 0) is 18.0 Å². The van der Waals surface area contributed by atoms with Crippen molar-refractivity contribution in [1.29, 1.82) is 0 Å². The van der Waals surface area contributed by atoms with Crippen molar-refractivity contribution in [3.63, 3.8) is 0 Å². The Labute approximate surface area is 82.3 Å². The van der Waals surface area contributed by atoms with Crippen LogP contribution in [0.1, 0.15) is 26.2 Å². The van der Waals surface area contributed by atoms with Gasteiger partial charge in [0.15, 0.2) is 0 Å². The van der Waals surface area contributed by atoms with Gasteiger partial charge in [-0.1, -0.05) is 19.8 Å². The van der Waals surface area contributed by atoms with Gasteiger partial charge in [-0.2, -0.15) is 0 Å². The van der Waals surface area contributed by atoms with Crippen molar-refractivity contribution in [3.8, 4) is 0 Å². The van der Waals surface area contributed by atoms with Crippen LogP contribution in [0.15, 0.2) is 0 Å². The van der Waals surface area contributed by atoms with Gasteiger partial charge in [0.1, 0.15) is 6.04 Å². The molecule has 0 aromatic carbocycles. The minimum absolute atomic E-state index is 0.0950. The minimum atomic E-state index is -0.939. The number of hydrogen-bond donors (Lipinski definition) is 2. The molecule has 0 saturated carbocycles. The van der Waals surface area contributed by atoms with Gasteiger partial charge >= 0.3 is 5.97 Å². The summed E-state index contributed by atoms with van der Waals surface area (Å²) in [4.78, 5) is 21.0. The lowest BCUT2D eigenvalue weighted by Gasteiger charge is -2.11. The highest BCUT2D eigenvalue weighted by Crippen LogP contribution is 2.00. The number of carboxylic acid groups (broad SMARTS) is 1. The Bertz CT molecular complexity index is 184. The quantitative estimate of drug-likeness (QED) is 0.611. The van der Waals surface area contributed by atoms with Gasteiger partial charge in [0.05, 0.1) is 6.54 Å². The molecule has 0 heterocycles. The van der Waals surface area contributed by atoms with Crippen LogP contribution in [-0.2, 0) is 9.59 Å². The minimum Gasteiger partial charge on any atom is -0.480 e. The lowest BCUT2D eigenvalue weighted by atomic mass is 10.1. The third-order valence-corrected chi connectivity index (χ3v) is 1.77. The zero-order chi connectivity index (χ0) is 10.3. The molecule has 0 radical (unpaired) electrons. The number of halogens is 1. The highest BCUT2D eigenvalue weighted by Gasteiger charge is 2.16. The predicted octanol–water partition coefficient (Wildman–Crippen LogP) is 0.985. The fraction of sp³-hybridized carbons (Fsp3) is 0.750. The Morgan fingerprint density at radius 2 is 2.15 bits per heavy atom. The molecule has 0 aromatic rings. The van der Waals surface area contributed by atoms with Crippen molar-refractivity contribution in [1.82, 2.24) is 5.32 Å². The van der Waals surface area contributed by atoms with E-state index in [1.807, 2.05) is 6.92 Å². The molecule has 13 heavy (non-hydrogen) atoms. The molecule has 0 aliphatic heterocycles. The number of unbranched alkanes of at least 4 members (excludes halogenated alkanes) is 1. The molecule has 0 spiro atoms. The van der Waals surface area contributed by atoms with Crippen LogP contribution >= 0.6 is 11.6 Å². The molecule has 4 nitrogen and oxygen atoms in total. The van der Waals surface area contributed by atoms with E-state index in [1.54, 1.807) is 0 Å². The Hall–Kier alpha value is -0.610. The maximum atomic E-state index is 10.6. The first-order valence-corrected chi connectivity index (χ1v) is 4.60. The van der Waals surface area contributed by atoms with Crippen molar-refractivity contribution in [2.75, 3.05) is 6.54 Å². The summed E-state index contributed by atoms with van der Waals surface area (Å²) in [5, 5.41) is 10.7.